The lowest BCUT2D eigenvalue weighted by molar-refractivity contribution is 0.552. The highest BCUT2D eigenvalue weighted by atomic mass is 32.2. The van der Waals surface area contributed by atoms with Crippen molar-refractivity contribution in [3.63, 3.8) is 0 Å². The van der Waals surface area contributed by atoms with E-state index in [1.165, 1.54) is 0 Å². The summed E-state index contributed by atoms with van der Waals surface area (Å²) in [4.78, 5) is 4.10. The van der Waals surface area contributed by atoms with E-state index in [1.54, 1.807) is 6.20 Å². The van der Waals surface area contributed by atoms with E-state index in [0.717, 1.165) is 25.2 Å². The summed E-state index contributed by atoms with van der Waals surface area (Å²) in [6, 6.07) is -0.0726. The topological polar surface area (TPSA) is 64.0 Å². The maximum absolute atomic E-state index is 12.0. The van der Waals surface area contributed by atoms with E-state index in [9.17, 15) is 8.42 Å². The molecule has 1 unspecified atom stereocenters. The van der Waals surface area contributed by atoms with E-state index in [4.69, 9.17) is 0 Å². The van der Waals surface area contributed by atoms with Gasteiger partial charge >= 0.3 is 0 Å². The van der Waals surface area contributed by atoms with Gasteiger partial charge in [0.05, 0.1) is 0 Å². The number of aromatic nitrogens is 2. The van der Waals surface area contributed by atoms with Crippen molar-refractivity contribution in [2.45, 2.75) is 58.1 Å². The molecule has 5 nitrogen and oxygen atoms in total. The average Bonchev–Trinajstić information content (AvgIpc) is 2.61. The molecule has 0 saturated heterocycles. The van der Waals surface area contributed by atoms with Gasteiger partial charge in [-0.3, -0.25) is 0 Å². The number of nitrogens with one attached hydrogen (secondary N) is 1. The molecular formula is C11H21N3O2S. The van der Waals surface area contributed by atoms with Crippen LogP contribution in [0.2, 0.25) is 0 Å². The van der Waals surface area contributed by atoms with E-state index in [2.05, 4.69) is 9.71 Å². The first-order valence-corrected chi connectivity index (χ1v) is 7.45. The minimum absolute atomic E-state index is 0.0726. The van der Waals surface area contributed by atoms with Crippen LogP contribution in [0.3, 0.4) is 0 Å². The van der Waals surface area contributed by atoms with Gasteiger partial charge in [0.1, 0.15) is 5.82 Å². The molecule has 0 bridgehead atoms. The Morgan fingerprint density at radius 1 is 1.47 bits per heavy atom. The van der Waals surface area contributed by atoms with Crippen molar-refractivity contribution in [2.75, 3.05) is 0 Å². The van der Waals surface area contributed by atoms with Gasteiger partial charge in [-0.25, -0.2) is 18.1 Å². The van der Waals surface area contributed by atoms with Crippen molar-refractivity contribution in [1.82, 2.24) is 14.3 Å². The maximum Gasteiger partial charge on any atom is 0.259 e. The summed E-state index contributed by atoms with van der Waals surface area (Å²) >= 11 is 0. The summed E-state index contributed by atoms with van der Waals surface area (Å²) in [6.07, 6.45) is 3.31. The van der Waals surface area contributed by atoms with Gasteiger partial charge in [0.25, 0.3) is 10.0 Å². The van der Waals surface area contributed by atoms with Crippen LogP contribution in [0.5, 0.6) is 0 Å². The lowest BCUT2D eigenvalue weighted by Gasteiger charge is -2.09. The Morgan fingerprint density at radius 2 is 2.12 bits per heavy atom. The van der Waals surface area contributed by atoms with Crippen molar-refractivity contribution in [1.29, 1.82) is 0 Å². The predicted octanol–water partition coefficient (Wildman–Crippen LogP) is 1.68. The Bertz CT molecular complexity index is 465. The zero-order chi connectivity index (χ0) is 13.1. The summed E-state index contributed by atoms with van der Waals surface area (Å²) in [6.45, 7) is 8.43. The molecule has 1 atom stereocenters. The minimum atomic E-state index is -3.47. The smallest absolute Gasteiger partial charge is 0.259 e. The zero-order valence-corrected chi connectivity index (χ0v) is 11.7. The first-order valence-electron chi connectivity index (χ1n) is 5.96. The summed E-state index contributed by atoms with van der Waals surface area (Å²) in [5, 5.41) is 0.115. The van der Waals surface area contributed by atoms with Crippen molar-refractivity contribution in [3.8, 4) is 0 Å². The van der Waals surface area contributed by atoms with Crippen molar-refractivity contribution in [3.05, 3.63) is 12.0 Å². The number of hydrogen-bond donors (Lipinski definition) is 1. The van der Waals surface area contributed by atoms with E-state index in [1.807, 2.05) is 32.3 Å². The molecule has 1 aromatic rings. The molecule has 1 heterocycles. The number of imidazole rings is 1. The molecule has 0 spiro atoms. The fourth-order valence-corrected chi connectivity index (χ4v) is 2.82. The lowest BCUT2D eigenvalue weighted by Crippen LogP contribution is -2.32. The van der Waals surface area contributed by atoms with Crippen molar-refractivity contribution < 1.29 is 8.42 Å². The number of rotatable bonds is 6. The highest BCUT2D eigenvalue weighted by Gasteiger charge is 2.20. The molecule has 0 amide bonds. The van der Waals surface area contributed by atoms with Gasteiger partial charge in [0.2, 0.25) is 0 Å². The van der Waals surface area contributed by atoms with Crippen LogP contribution in [0.1, 0.15) is 39.4 Å². The van der Waals surface area contributed by atoms with Crippen LogP contribution >= 0.6 is 0 Å². The van der Waals surface area contributed by atoms with Crippen LogP contribution < -0.4 is 4.72 Å². The Morgan fingerprint density at radius 3 is 2.65 bits per heavy atom. The summed E-state index contributed by atoms with van der Waals surface area (Å²) in [5.41, 5.74) is 0. The fraction of sp³-hybridized carbons (Fsp3) is 0.727. The fourth-order valence-electron chi connectivity index (χ4n) is 1.48. The molecule has 0 fully saturated rings. The largest absolute Gasteiger partial charge is 0.334 e. The Hall–Kier alpha value is -0.880. The number of nitrogens with zero attached hydrogens (tertiary/aromatic N) is 2. The molecule has 1 rings (SSSR count). The monoisotopic (exact) mass is 259 g/mol. The highest BCUT2D eigenvalue weighted by Crippen LogP contribution is 2.10. The molecule has 0 aliphatic heterocycles. The van der Waals surface area contributed by atoms with Gasteiger partial charge in [0, 0.05) is 18.8 Å². The number of sulfonamides is 1. The van der Waals surface area contributed by atoms with Crippen LogP contribution in [-0.4, -0.2) is 24.0 Å². The molecule has 6 heteroatoms. The Kier molecular flexibility index (Phi) is 4.70. The van der Waals surface area contributed by atoms with Crippen LogP contribution in [0.15, 0.2) is 11.2 Å². The van der Waals surface area contributed by atoms with Gasteiger partial charge in [-0.15, -0.1) is 0 Å². The molecule has 1 N–H and O–H groups in total. The number of hydrogen-bond acceptors (Lipinski definition) is 3. The third-order valence-electron chi connectivity index (χ3n) is 2.66. The van der Waals surface area contributed by atoms with Gasteiger partial charge in [-0.1, -0.05) is 13.8 Å². The Labute approximate surface area is 103 Å². The van der Waals surface area contributed by atoms with E-state index in [-0.39, 0.29) is 11.1 Å². The summed E-state index contributed by atoms with van der Waals surface area (Å²) in [5.74, 6) is 0.733. The molecule has 0 aromatic carbocycles. The molecule has 0 aliphatic rings. The first kappa shape index (κ1) is 14.2. The predicted molar refractivity (Wildman–Crippen MR) is 67.3 cm³/mol. The summed E-state index contributed by atoms with van der Waals surface area (Å²) in [7, 11) is -3.47. The first-order chi connectivity index (χ1) is 7.90. The van der Waals surface area contributed by atoms with Crippen LogP contribution in [0, 0.1) is 6.92 Å². The third-order valence-corrected chi connectivity index (χ3v) is 4.12. The number of aryl methyl sites for hydroxylation is 2. The second-order valence-electron chi connectivity index (χ2n) is 4.25. The second-order valence-corrected chi connectivity index (χ2v) is 5.91. The second kappa shape index (κ2) is 5.64. The molecule has 98 valence electrons. The maximum atomic E-state index is 12.0. The lowest BCUT2D eigenvalue weighted by atomic mass is 10.3. The quantitative estimate of drug-likeness (QED) is 0.845. The standard InChI is InChI=1S/C11H21N3O2S/c1-5-7-14-8-11(12-10(14)4)17(15,16)13-9(3)6-2/h8-9,13H,5-7H2,1-4H3. The van der Waals surface area contributed by atoms with Gasteiger partial charge < -0.3 is 4.57 Å². The van der Waals surface area contributed by atoms with E-state index < -0.39 is 10.0 Å². The zero-order valence-electron chi connectivity index (χ0n) is 10.9. The molecular weight excluding hydrogens is 238 g/mol. The molecule has 0 radical (unpaired) electrons. The van der Waals surface area contributed by atoms with Crippen molar-refractivity contribution >= 4 is 10.0 Å². The average molecular weight is 259 g/mol. The molecule has 0 saturated carbocycles. The molecule has 0 aliphatic carbocycles. The van der Waals surface area contributed by atoms with Crippen LogP contribution in [-0.2, 0) is 16.6 Å². The third kappa shape index (κ3) is 3.54. The van der Waals surface area contributed by atoms with Crippen LogP contribution in [0.25, 0.3) is 0 Å². The minimum Gasteiger partial charge on any atom is -0.334 e. The Balaban J connectivity index is 2.95. The SMILES string of the molecule is CCCn1cc(S(=O)(=O)NC(C)CC)nc1C. The van der Waals surface area contributed by atoms with E-state index >= 15 is 0 Å². The van der Waals surface area contributed by atoms with Crippen LogP contribution in [0.4, 0.5) is 0 Å². The van der Waals surface area contributed by atoms with Gasteiger partial charge in [0.15, 0.2) is 5.03 Å². The van der Waals surface area contributed by atoms with Gasteiger partial charge in [-0.2, -0.15) is 0 Å². The normalized spacial score (nSPS) is 13.9. The molecule has 1 aromatic heterocycles. The van der Waals surface area contributed by atoms with Crippen molar-refractivity contribution in [2.24, 2.45) is 0 Å². The highest BCUT2D eigenvalue weighted by molar-refractivity contribution is 7.89. The van der Waals surface area contributed by atoms with Gasteiger partial charge in [-0.05, 0) is 26.7 Å². The summed E-state index contributed by atoms with van der Waals surface area (Å²) < 4.78 is 28.4. The molecule has 17 heavy (non-hydrogen) atoms. The van der Waals surface area contributed by atoms with E-state index in [0.29, 0.717) is 0 Å².